The van der Waals surface area contributed by atoms with Gasteiger partial charge in [0.15, 0.2) is 0 Å². The number of rotatable bonds is 3. The number of nitrogens with zero attached hydrogens (tertiary/aromatic N) is 2. The summed E-state index contributed by atoms with van der Waals surface area (Å²) in [6.45, 7) is 1.97. The molecule has 5 rings (SSSR count). The number of nitrogens with one attached hydrogen (secondary N) is 1. The van der Waals surface area contributed by atoms with Crippen molar-refractivity contribution in [2.75, 3.05) is 24.7 Å². The summed E-state index contributed by atoms with van der Waals surface area (Å²) in [6.07, 6.45) is 3.07. The Morgan fingerprint density at radius 1 is 0.968 bits per heavy atom. The largest absolute Gasteiger partial charge is 0.324 e. The Hall–Kier alpha value is -2.99. The highest BCUT2D eigenvalue weighted by atomic mass is 32.2. The summed E-state index contributed by atoms with van der Waals surface area (Å²) in [5, 5.41) is 2.99. The molecule has 2 aliphatic rings. The van der Waals surface area contributed by atoms with Crippen molar-refractivity contribution >= 4 is 23.5 Å². The van der Waals surface area contributed by atoms with Gasteiger partial charge in [0.1, 0.15) is 0 Å². The zero-order valence-corrected chi connectivity index (χ0v) is 18.3. The van der Waals surface area contributed by atoms with Crippen LogP contribution in [0.25, 0.3) is 11.1 Å². The van der Waals surface area contributed by atoms with Gasteiger partial charge in [0.25, 0.3) is 5.56 Å². The number of para-hydroxylation sites is 1. The second kappa shape index (κ2) is 8.27. The van der Waals surface area contributed by atoms with Crippen LogP contribution in [-0.2, 0) is 6.54 Å². The molecular weight excluding hydrogens is 406 g/mol. The van der Waals surface area contributed by atoms with Crippen LogP contribution >= 0.6 is 11.8 Å². The Bertz CT molecular complexity index is 1160. The summed E-state index contributed by atoms with van der Waals surface area (Å²) in [7, 11) is 0. The molecule has 1 saturated heterocycles. The van der Waals surface area contributed by atoms with Gasteiger partial charge in [0, 0.05) is 47.4 Å². The minimum atomic E-state index is -0.0674. The molecule has 158 valence electrons. The summed E-state index contributed by atoms with van der Waals surface area (Å²) in [5.41, 5.74) is 3.62. The van der Waals surface area contributed by atoms with Crippen LogP contribution in [0.2, 0.25) is 0 Å². The molecule has 1 N–H and O–H groups in total. The van der Waals surface area contributed by atoms with Gasteiger partial charge in [-0.05, 0) is 60.6 Å². The lowest BCUT2D eigenvalue weighted by Gasteiger charge is -2.42. The lowest BCUT2D eigenvalue weighted by atomic mass is 9.83. The van der Waals surface area contributed by atoms with Crippen LogP contribution in [0.3, 0.4) is 0 Å². The quantitative estimate of drug-likeness (QED) is 0.601. The van der Waals surface area contributed by atoms with E-state index in [0.717, 1.165) is 28.9 Å². The molecule has 1 aromatic heterocycles. The Balaban J connectivity index is 1.39. The first-order chi connectivity index (χ1) is 15.1. The van der Waals surface area contributed by atoms with E-state index in [2.05, 4.69) is 23.5 Å². The third kappa shape index (κ3) is 3.88. The number of hydrogen-bond donors (Lipinski definition) is 1. The average Bonchev–Trinajstić information content (AvgIpc) is 2.80. The molecule has 1 fully saturated rings. The van der Waals surface area contributed by atoms with Gasteiger partial charge in [-0.3, -0.25) is 4.79 Å². The number of likely N-dealkylation sites (tertiary alicyclic amines) is 1. The van der Waals surface area contributed by atoms with E-state index in [4.69, 9.17) is 0 Å². The number of urea groups is 1. The molecule has 3 heterocycles. The zero-order chi connectivity index (χ0) is 21.4. The fourth-order valence-corrected chi connectivity index (χ4v) is 5.23. The van der Waals surface area contributed by atoms with E-state index in [1.807, 2.05) is 64.3 Å². The second-order valence-electron chi connectivity index (χ2n) is 8.32. The number of aromatic nitrogens is 1. The maximum absolute atomic E-state index is 13.3. The number of carbonyl (C=O) groups is 1. The Morgan fingerprint density at radius 3 is 2.48 bits per heavy atom. The maximum atomic E-state index is 13.3. The molecule has 0 saturated carbocycles. The van der Waals surface area contributed by atoms with E-state index in [1.54, 1.807) is 11.8 Å². The number of fused-ring (bicyclic) bond motifs is 4. The van der Waals surface area contributed by atoms with Gasteiger partial charge in [-0.25, -0.2) is 4.79 Å². The number of carbonyl (C=O) groups excluding carboxylic acids is 1. The molecule has 2 amide bonds. The Morgan fingerprint density at radius 2 is 1.74 bits per heavy atom. The standard InChI is InChI=1S/C25H25N3O2S/c1-31-21-9-7-18(8-10-21)22-11-12-23-19-13-17(15-28(23)24(22)29)14-27(16-19)25(30)26-20-5-3-2-4-6-20/h2-12,17,19H,13-16H2,1H3,(H,26,30)/t17-,19+/m0/s1. The van der Waals surface area contributed by atoms with Crippen LogP contribution in [0.15, 0.2) is 76.4 Å². The molecule has 0 spiro atoms. The average molecular weight is 432 g/mol. The topological polar surface area (TPSA) is 54.3 Å². The number of piperidine rings is 1. The lowest BCUT2D eigenvalue weighted by molar-refractivity contribution is 0.139. The highest BCUT2D eigenvalue weighted by Crippen LogP contribution is 2.36. The fourth-order valence-electron chi connectivity index (χ4n) is 4.83. The van der Waals surface area contributed by atoms with Gasteiger partial charge in [-0.1, -0.05) is 30.3 Å². The van der Waals surface area contributed by atoms with Gasteiger partial charge < -0.3 is 14.8 Å². The summed E-state index contributed by atoms with van der Waals surface area (Å²) < 4.78 is 1.95. The van der Waals surface area contributed by atoms with Gasteiger partial charge in [-0.2, -0.15) is 0 Å². The van der Waals surface area contributed by atoms with Crippen molar-refractivity contribution in [3.8, 4) is 11.1 Å². The Labute approximate surface area is 186 Å². The first-order valence-electron chi connectivity index (χ1n) is 10.6. The van der Waals surface area contributed by atoms with Crippen molar-refractivity contribution in [2.45, 2.75) is 23.8 Å². The van der Waals surface area contributed by atoms with Crippen molar-refractivity contribution in [1.29, 1.82) is 0 Å². The second-order valence-corrected chi connectivity index (χ2v) is 9.20. The number of pyridine rings is 1. The molecule has 2 aliphatic heterocycles. The third-order valence-electron chi connectivity index (χ3n) is 6.32. The number of thioether (sulfide) groups is 1. The molecular formula is C25H25N3O2S. The van der Waals surface area contributed by atoms with Gasteiger partial charge >= 0.3 is 6.03 Å². The van der Waals surface area contributed by atoms with Crippen molar-refractivity contribution < 1.29 is 4.79 Å². The third-order valence-corrected chi connectivity index (χ3v) is 7.06. The van der Waals surface area contributed by atoms with Crippen LogP contribution in [0.1, 0.15) is 18.0 Å². The monoisotopic (exact) mass is 431 g/mol. The number of anilines is 1. The van der Waals surface area contributed by atoms with E-state index >= 15 is 0 Å². The van der Waals surface area contributed by atoms with Crippen molar-refractivity contribution in [2.24, 2.45) is 5.92 Å². The fraction of sp³-hybridized carbons (Fsp3) is 0.280. The van der Waals surface area contributed by atoms with Crippen LogP contribution in [-0.4, -0.2) is 34.8 Å². The maximum Gasteiger partial charge on any atom is 0.321 e. The molecule has 5 nitrogen and oxygen atoms in total. The first-order valence-corrected chi connectivity index (χ1v) is 11.8. The first kappa shape index (κ1) is 19.9. The van der Waals surface area contributed by atoms with E-state index in [1.165, 1.54) is 4.90 Å². The SMILES string of the molecule is CSc1ccc(-c2ccc3n(c2=O)C[C@H]2C[C@@H]3CN(C(=O)Nc3ccccc3)C2)cc1. The molecule has 31 heavy (non-hydrogen) atoms. The Kier molecular flexibility index (Phi) is 5.32. The van der Waals surface area contributed by atoms with Crippen molar-refractivity contribution in [3.05, 3.63) is 82.8 Å². The number of amides is 2. The van der Waals surface area contributed by atoms with Crippen LogP contribution in [0.5, 0.6) is 0 Å². The molecule has 2 bridgehead atoms. The lowest BCUT2D eigenvalue weighted by Crippen LogP contribution is -2.50. The summed E-state index contributed by atoms with van der Waals surface area (Å²) in [4.78, 5) is 29.2. The predicted molar refractivity (Wildman–Crippen MR) is 126 cm³/mol. The van der Waals surface area contributed by atoms with Crippen molar-refractivity contribution in [3.63, 3.8) is 0 Å². The van der Waals surface area contributed by atoms with Crippen LogP contribution in [0, 0.1) is 5.92 Å². The molecule has 0 radical (unpaired) electrons. The minimum absolute atomic E-state index is 0.0674. The molecule has 0 unspecified atom stereocenters. The molecule has 2 aromatic carbocycles. The highest BCUT2D eigenvalue weighted by molar-refractivity contribution is 7.98. The number of hydrogen-bond acceptors (Lipinski definition) is 3. The summed E-state index contributed by atoms with van der Waals surface area (Å²) in [6, 6.07) is 21.7. The van der Waals surface area contributed by atoms with Gasteiger partial charge in [0.2, 0.25) is 0 Å². The molecule has 3 aromatic rings. The molecule has 0 aliphatic carbocycles. The molecule has 2 atom stereocenters. The van der Waals surface area contributed by atoms with E-state index in [0.29, 0.717) is 25.6 Å². The van der Waals surface area contributed by atoms with Gasteiger partial charge in [-0.15, -0.1) is 11.8 Å². The number of benzene rings is 2. The van der Waals surface area contributed by atoms with Gasteiger partial charge in [0.05, 0.1) is 0 Å². The smallest absolute Gasteiger partial charge is 0.321 e. The molecule has 6 heteroatoms. The van der Waals surface area contributed by atoms with E-state index < -0.39 is 0 Å². The van der Waals surface area contributed by atoms with Crippen molar-refractivity contribution in [1.82, 2.24) is 9.47 Å². The minimum Gasteiger partial charge on any atom is -0.324 e. The zero-order valence-electron chi connectivity index (χ0n) is 17.5. The summed E-state index contributed by atoms with van der Waals surface area (Å²) >= 11 is 1.69. The van der Waals surface area contributed by atoms with Crippen LogP contribution in [0.4, 0.5) is 10.5 Å². The predicted octanol–water partition coefficient (Wildman–Crippen LogP) is 4.89. The van der Waals surface area contributed by atoms with E-state index in [9.17, 15) is 9.59 Å². The van der Waals surface area contributed by atoms with Crippen LogP contribution < -0.4 is 10.9 Å². The highest BCUT2D eigenvalue weighted by Gasteiger charge is 2.36. The summed E-state index contributed by atoms with van der Waals surface area (Å²) in [5.74, 6) is 0.481. The normalized spacial score (nSPS) is 19.6. The van der Waals surface area contributed by atoms with E-state index in [-0.39, 0.29) is 17.5 Å².